The number of nitrogens with one attached hydrogen (secondary N) is 2. The molecule has 1 aliphatic rings. The number of anilines is 1. The van der Waals surface area contributed by atoms with Crippen LogP contribution in [0.3, 0.4) is 0 Å². The smallest absolute Gasteiger partial charge is 0.731 e. The van der Waals surface area contributed by atoms with Crippen LogP contribution in [0.4, 0.5) is 5.13 Å². The van der Waals surface area contributed by atoms with Gasteiger partial charge >= 0.3 is 35.5 Å². The molecule has 0 aliphatic carbocycles. The molecule has 1 saturated heterocycles. The maximum atomic E-state index is 12.6. The van der Waals surface area contributed by atoms with Gasteiger partial charge in [0.1, 0.15) is 37.4 Å². The average molecular weight is 520 g/mol. The number of hydrogen-bond donors (Lipinski definition) is 2. The van der Waals surface area contributed by atoms with Crippen molar-refractivity contribution in [1.29, 1.82) is 0 Å². The zero-order valence-corrected chi connectivity index (χ0v) is 21.2. The monoisotopic (exact) mass is 519 g/mol. The van der Waals surface area contributed by atoms with Crippen molar-refractivity contribution in [1.82, 2.24) is 14.6 Å². The SMILES string of the molecule is CON=C(C(=O)N[C@H]1C(=O)N(S(=O)(=O)[O-])[C@@H]1COC(C)=O)c1csc(NC(=O)CCl)n1.[Na+]. The van der Waals surface area contributed by atoms with Crippen molar-refractivity contribution in [3.05, 3.63) is 11.1 Å². The van der Waals surface area contributed by atoms with E-state index in [0.717, 1.165) is 25.4 Å². The molecule has 0 radical (unpaired) electrons. The Bertz CT molecular complexity index is 1030. The van der Waals surface area contributed by atoms with E-state index in [0.29, 0.717) is 0 Å². The van der Waals surface area contributed by atoms with Crippen LogP contribution in [0.2, 0.25) is 0 Å². The Hall–Kier alpha value is -1.82. The first-order valence-electron chi connectivity index (χ1n) is 8.15. The zero-order valence-electron chi connectivity index (χ0n) is 16.9. The topological polar surface area (TPSA) is 196 Å². The Morgan fingerprint density at radius 2 is 2.06 bits per heavy atom. The number of ether oxygens (including phenoxy) is 1. The summed E-state index contributed by atoms with van der Waals surface area (Å²) in [5.41, 5.74) is -0.446. The van der Waals surface area contributed by atoms with E-state index < -0.39 is 58.4 Å². The Morgan fingerprint density at radius 1 is 1.41 bits per heavy atom. The fourth-order valence-corrected chi connectivity index (χ4v) is 4.04. The normalized spacial score (nSPS) is 18.2. The second-order valence-electron chi connectivity index (χ2n) is 5.76. The summed E-state index contributed by atoms with van der Waals surface area (Å²) < 4.78 is 38.5. The molecule has 0 spiro atoms. The van der Waals surface area contributed by atoms with Crippen molar-refractivity contribution < 1.29 is 71.3 Å². The minimum Gasteiger partial charge on any atom is -0.731 e. The maximum Gasteiger partial charge on any atom is 1.00 e. The van der Waals surface area contributed by atoms with Gasteiger partial charge in [-0.1, -0.05) is 5.16 Å². The first-order chi connectivity index (χ1) is 14.5. The summed E-state index contributed by atoms with van der Waals surface area (Å²) in [6.07, 6.45) is 0. The molecule has 1 aromatic heterocycles. The molecule has 0 unspecified atom stereocenters. The van der Waals surface area contributed by atoms with Crippen LogP contribution in [0.5, 0.6) is 0 Å². The number of carbonyl (C=O) groups excluding carboxylic acids is 4. The van der Waals surface area contributed by atoms with Gasteiger partial charge in [-0.05, 0) is 0 Å². The summed E-state index contributed by atoms with van der Waals surface area (Å²) in [6, 6.07) is -2.94. The summed E-state index contributed by atoms with van der Waals surface area (Å²) in [7, 11) is -4.06. The third kappa shape index (κ3) is 6.84. The van der Waals surface area contributed by atoms with E-state index in [4.69, 9.17) is 11.6 Å². The van der Waals surface area contributed by atoms with Gasteiger partial charge in [0.25, 0.3) is 11.8 Å². The van der Waals surface area contributed by atoms with Gasteiger partial charge in [0.15, 0.2) is 21.1 Å². The van der Waals surface area contributed by atoms with E-state index >= 15 is 0 Å². The molecule has 32 heavy (non-hydrogen) atoms. The molecule has 0 bridgehead atoms. The van der Waals surface area contributed by atoms with Gasteiger partial charge in [-0.15, -0.1) is 22.9 Å². The van der Waals surface area contributed by atoms with E-state index in [9.17, 15) is 32.1 Å². The molecular weight excluding hydrogens is 505 g/mol. The summed E-state index contributed by atoms with van der Waals surface area (Å²) in [4.78, 5) is 55.7. The standard InChI is InChI=1S/C14H16ClN5O9S2.Na/c1-6(21)29-4-8-11(13(24)20(8)31(25,26)27)18-12(23)10(19-28-2)7-5-30-14(16-7)17-9(22)3-15;/h5,8,11H,3-4H2,1-2H3,(H,18,23)(H,16,17,22)(H,25,26,27);/q;+1/p-1/t8-,11-;/m1./s1. The third-order valence-corrected chi connectivity index (χ3v) is 5.60. The quantitative estimate of drug-likeness (QED) is 0.0609. The van der Waals surface area contributed by atoms with E-state index in [1.54, 1.807) is 0 Å². The van der Waals surface area contributed by atoms with Crippen molar-refractivity contribution in [2.45, 2.75) is 19.0 Å². The van der Waals surface area contributed by atoms with E-state index in [1.807, 2.05) is 0 Å². The number of aromatic nitrogens is 1. The predicted molar refractivity (Wildman–Crippen MR) is 104 cm³/mol. The van der Waals surface area contributed by atoms with Crippen molar-refractivity contribution in [2.75, 3.05) is 24.9 Å². The maximum absolute atomic E-state index is 12.6. The Balaban J connectivity index is 0.00000512. The number of carbonyl (C=O) groups is 4. The van der Waals surface area contributed by atoms with Gasteiger partial charge in [-0.25, -0.2) is 17.7 Å². The van der Waals surface area contributed by atoms with Gasteiger partial charge in [0.05, 0.1) is 0 Å². The van der Waals surface area contributed by atoms with E-state index in [2.05, 4.69) is 30.3 Å². The van der Waals surface area contributed by atoms with Crippen molar-refractivity contribution in [3.8, 4) is 0 Å². The molecule has 0 aromatic carbocycles. The van der Waals surface area contributed by atoms with E-state index in [-0.39, 0.29) is 50.6 Å². The molecule has 3 amide bonds. The Kier molecular flexibility index (Phi) is 10.5. The largest absolute Gasteiger partial charge is 1.00 e. The molecule has 2 heterocycles. The van der Waals surface area contributed by atoms with Gasteiger partial charge < -0.3 is 24.8 Å². The van der Waals surface area contributed by atoms with Crippen molar-refractivity contribution >= 4 is 67.8 Å². The van der Waals surface area contributed by atoms with Gasteiger partial charge in [-0.3, -0.25) is 19.2 Å². The summed E-state index contributed by atoms with van der Waals surface area (Å²) in [6.45, 7) is 0.395. The van der Waals surface area contributed by atoms with Crippen LogP contribution >= 0.6 is 22.9 Å². The van der Waals surface area contributed by atoms with Crippen LogP contribution in [0, 0.1) is 0 Å². The first-order valence-corrected chi connectivity index (χ1v) is 10.9. The minimum atomic E-state index is -5.20. The molecule has 2 rings (SSSR count). The van der Waals surface area contributed by atoms with Crippen LogP contribution in [0.1, 0.15) is 12.6 Å². The second-order valence-corrected chi connectivity index (χ2v) is 8.13. The fraction of sp³-hybridized carbons (Fsp3) is 0.429. The summed E-state index contributed by atoms with van der Waals surface area (Å²) >= 11 is 6.34. The van der Waals surface area contributed by atoms with Gasteiger partial charge in [0, 0.05) is 12.3 Å². The molecule has 2 atom stereocenters. The number of hydrogen-bond acceptors (Lipinski definition) is 12. The second kappa shape index (κ2) is 11.9. The van der Waals surface area contributed by atoms with Crippen LogP contribution in [-0.2, 0) is 39.1 Å². The van der Waals surface area contributed by atoms with Gasteiger partial charge in [-0.2, -0.15) is 0 Å². The van der Waals surface area contributed by atoms with Crippen molar-refractivity contribution in [2.24, 2.45) is 5.16 Å². The first kappa shape index (κ1) is 28.2. The number of rotatable bonds is 9. The number of halogens is 1. The number of nitrogens with zero attached hydrogens (tertiary/aromatic N) is 3. The zero-order chi connectivity index (χ0) is 23.3. The van der Waals surface area contributed by atoms with Crippen LogP contribution in [-0.4, -0.2) is 83.3 Å². The number of β-lactam (4-membered cyclic amide) rings is 1. The van der Waals surface area contributed by atoms with Gasteiger partial charge in [0.2, 0.25) is 5.91 Å². The molecule has 14 nitrogen and oxygen atoms in total. The number of thiazole rings is 1. The molecule has 1 aliphatic heterocycles. The molecule has 18 heteroatoms. The predicted octanol–water partition coefficient (Wildman–Crippen LogP) is -4.61. The molecule has 2 N–H and O–H groups in total. The average Bonchev–Trinajstić information content (AvgIpc) is 3.13. The number of oxime groups is 1. The molecule has 170 valence electrons. The summed E-state index contributed by atoms with van der Waals surface area (Å²) in [5.74, 6) is -3.86. The summed E-state index contributed by atoms with van der Waals surface area (Å²) in [5, 5.41) is 9.57. The number of amides is 3. The minimum absolute atomic E-state index is 0. The van der Waals surface area contributed by atoms with Crippen LogP contribution in [0.25, 0.3) is 0 Å². The number of esters is 1. The number of alkyl halides is 1. The Morgan fingerprint density at radius 3 is 2.59 bits per heavy atom. The van der Waals surface area contributed by atoms with E-state index in [1.165, 1.54) is 5.38 Å². The third-order valence-electron chi connectivity index (χ3n) is 3.67. The molecule has 0 saturated carbocycles. The molecular formula is C14H15ClN5NaO9S2. The van der Waals surface area contributed by atoms with Crippen LogP contribution in [0.15, 0.2) is 10.5 Å². The Labute approximate surface area is 212 Å². The molecule has 1 fully saturated rings. The fourth-order valence-electron chi connectivity index (χ4n) is 2.42. The van der Waals surface area contributed by atoms with Crippen molar-refractivity contribution in [3.63, 3.8) is 0 Å². The van der Waals surface area contributed by atoms with Crippen LogP contribution < -0.4 is 40.2 Å². The molecule has 1 aromatic rings.